The lowest BCUT2D eigenvalue weighted by Crippen LogP contribution is -2.50. The fourth-order valence-electron chi connectivity index (χ4n) is 3.93. The average molecular weight is 398 g/mol. The third-order valence-corrected chi connectivity index (χ3v) is 5.46. The molecule has 0 spiro atoms. The molecule has 0 aliphatic carbocycles. The van der Waals surface area contributed by atoms with E-state index >= 15 is 0 Å². The Morgan fingerprint density at radius 2 is 1.97 bits per heavy atom. The highest BCUT2D eigenvalue weighted by atomic mass is 16.5. The van der Waals surface area contributed by atoms with E-state index in [0.29, 0.717) is 13.2 Å². The Labute approximate surface area is 173 Å². The monoisotopic (exact) mass is 397 g/mol. The number of ether oxygens (including phenoxy) is 2. The molecule has 2 amide bonds. The normalized spacial score (nSPS) is 19.6. The number of urea groups is 1. The van der Waals surface area contributed by atoms with Gasteiger partial charge in [-0.05, 0) is 37.1 Å². The Morgan fingerprint density at radius 3 is 2.66 bits per heavy atom. The number of carbonyl (C=O) groups is 1. The second-order valence-corrected chi connectivity index (χ2v) is 7.37. The molecule has 0 unspecified atom stereocenters. The standard InChI is InChI=1S/C23H31N3O3/c1-5-26-11-12-29-21(22(26)18-9-7-6-8-10-18)15-24-23(27)25-19-14-20(28-4)17(3)13-16(19)2/h6-10,13-14,21-22H,5,11-12,15H2,1-4H3,(H2,24,25,27)/t21-,22-/m0/s1. The summed E-state index contributed by atoms with van der Waals surface area (Å²) in [5, 5.41) is 5.91. The van der Waals surface area contributed by atoms with Crippen LogP contribution in [0.1, 0.15) is 29.7 Å². The van der Waals surface area contributed by atoms with Crippen molar-refractivity contribution in [2.45, 2.75) is 32.9 Å². The molecule has 1 saturated heterocycles. The van der Waals surface area contributed by atoms with Gasteiger partial charge in [0.2, 0.25) is 0 Å². The molecule has 0 aromatic heterocycles. The summed E-state index contributed by atoms with van der Waals surface area (Å²) in [5.41, 5.74) is 3.98. The van der Waals surface area contributed by atoms with Crippen molar-refractivity contribution in [2.75, 3.05) is 38.7 Å². The van der Waals surface area contributed by atoms with Crippen LogP contribution >= 0.6 is 0 Å². The summed E-state index contributed by atoms with van der Waals surface area (Å²) in [6.45, 7) is 9.04. The fourth-order valence-corrected chi connectivity index (χ4v) is 3.93. The van der Waals surface area contributed by atoms with E-state index in [1.165, 1.54) is 5.56 Å². The van der Waals surface area contributed by atoms with Crippen molar-refractivity contribution < 1.29 is 14.3 Å². The van der Waals surface area contributed by atoms with Crippen molar-refractivity contribution in [1.29, 1.82) is 0 Å². The number of methoxy groups -OCH3 is 1. The van der Waals surface area contributed by atoms with Gasteiger partial charge in [0.25, 0.3) is 0 Å². The highest BCUT2D eigenvalue weighted by Gasteiger charge is 2.32. The van der Waals surface area contributed by atoms with Gasteiger partial charge in [0.15, 0.2) is 0 Å². The minimum absolute atomic E-state index is 0.106. The molecule has 2 aromatic carbocycles. The van der Waals surface area contributed by atoms with Gasteiger partial charge in [0.1, 0.15) is 5.75 Å². The molecular formula is C23H31N3O3. The van der Waals surface area contributed by atoms with E-state index < -0.39 is 0 Å². The molecule has 156 valence electrons. The van der Waals surface area contributed by atoms with Gasteiger partial charge < -0.3 is 20.1 Å². The van der Waals surface area contributed by atoms with Crippen LogP contribution in [0, 0.1) is 13.8 Å². The molecule has 2 aromatic rings. The largest absolute Gasteiger partial charge is 0.496 e. The Hall–Kier alpha value is -2.57. The summed E-state index contributed by atoms with van der Waals surface area (Å²) in [7, 11) is 1.63. The van der Waals surface area contributed by atoms with E-state index in [1.807, 2.05) is 44.2 Å². The molecule has 6 nitrogen and oxygen atoms in total. The lowest BCUT2D eigenvalue weighted by atomic mass is 9.98. The fraction of sp³-hybridized carbons (Fsp3) is 0.435. The van der Waals surface area contributed by atoms with Crippen molar-refractivity contribution in [2.24, 2.45) is 0 Å². The van der Waals surface area contributed by atoms with Crippen molar-refractivity contribution in [3.05, 3.63) is 59.2 Å². The molecule has 3 rings (SSSR count). The van der Waals surface area contributed by atoms with Crippen LogP contribution in [0.4, 0.5) is 10.5 Å². The summed E-state index contributed by atoms with van der Waals surface area (Å²) in [5.74, 6) is 0.754. The maximum atomic E-state index is 12.6. The lowest BCUT2D eigenvalue weighted by Gasteiger charge is -2.41. The SMILES string of the molecule is CCN1CCO[C@@H](CNC(=O)Nc2cc(OC)c(C)cc2C)[C@@H]1c1ccccc1. The Kier molecular flexibility index (Phi) is 7.12. The summed E-state index contributed by atoms with van der Waals surface area (Å²) in [4.78, 5) is 15.0. The molecule has 1 fully saturated rings. The molecular weight excluding hydrogens is 366 g/mol. The molecule has 0 saturated carbocycles. The van der Waals surface area contributed by atoms with Crippen LogP contribution in [-0.4, -0.2) is 50.4 Å². The Morgan fingerprint density at radius 1 is 1.21 bits per heavy atom. The van der Waals surface area contributed by atoms with Crippen molar-refractivity contribution >= 4 is 11.7 Å². The van der Waals surface area contributed by atoms with Gasteiger partial charge in [0.05, 0.1) is 25.9 Å². The number of nitrogens with zero attached hydrogens (tertiary/aromatic N) is 1. The number of amides is 2. The lowest BCUT2D eigenvalue weighted by molar-refractivity contribution is -0.0680. The van der Waals surface area contributed by atoms with Crippen molar-refractivity contribution in [3.63, 3.8) is 0 Å². The zero-order chi connectivity index (χ0) is 20.8. The van der Waals surface area contributed by atoms with Gasteiger partial charge in [-0.3, -0.25) is 4.90 Å². The summed E-state index contributed by atoms with van der Waals surface area (Å²) in [6.07, 6.45) is -0.106. The second-order valence-electron chi connectivity index (χ2n) is 7.37. The first-order chi connectivity index (χ1) is 14.0. The van der Waals surface area contributed by atoms with Gasteiger partial charge in [-0.25, -0.2) is 4.79 Å². The van der Waals surface area contributed by atoms with Crippen molar-refractivity contribution in [1.82, 2.24) is 10.2 Å². The smallest absolute Gasteiger partial charge is 0.319 e. The highest BCUT2D eigenvalue weighted by molar-refractivity contribution is 5.90. The summed E-state index contributed by atoms with van der Waals surface area (Å²) >= 11 is 0. The third kappa shape index (κ3) is 5.08. The van der Waals surface area contributed by atoms with E-state index in [1.54, 1.807) is 7.11 Å². The number of aryl methyl sites for hydroxylation is 2. The maximum absolute atomic E-state index is 12.6. The van der Waals surface area contributed by atoms with E-state index in [0.717, 1.165) is 35.7 Å². The molecule has 6 heteroatoms. The molecule has 0 bridgehead atoms. The van der Waals surface area contributed by atoms with Crippen LogP contribution < -0.4 is 15.4 Å². The van der Waals surface area contributed by atoms with E-state index in [4.69, 9.17) is 9.47 Å². The molecule has 1 heterocycles. The first-order valence-corrected chi connectivity index (χ1v) is 10.1. The zero-order valence-electron chi connectivity index (χ0n) is 17.7. The van der Waals surface area contributed by atoms with Crippen LogP contribution in [0.3, 0.4) is 0 Å². The number of carbonyl (C=O) groups excluding carboxylic acids is 1. The quantitative estimate of drug-likeness (QED) is 0.776. The first-order valence-electron chi connectivity index (χ1n) is 10.1. The predicted molar refractivity (Wildman–Crippen MR) is 116 cm³/mol. The number of hydrogen-bond donors (Lipinski definition) is 2. The van der Waals surface area contributed by atoms with E-state index in [-0.39, 0.29) is 18.2 Å². The minimum Gasteiger partial charge on any atom is -0.496 e. The number of hydrogen-bond acceptors (Lipinski definition) is 4. The predicted octanol–water partition coefficient (Wildman–Crippen LogP) is 3.90. The molecule has 1 aliphatic heterocycles. The van der Waals surface area contributed by atoms with Crippen molar-refractivity contribution in [3.8, 4) is 5.75 Å². The van der Waals surface area contributed by atoms with Crippen LogP contribution in [0.15, 0.2) is 42.5 Å². The van der Waals surface area contributed by atoms with Crippen LogP contribution in [-0.2, 0) is 4.74 Å². The van der Waals surface area contributed by atoms with E-state index in [2.05, 4.69) is 34.6 Å². The maximum Gasteiger partial charge on any atom is 0.319 e. The van der Waals surface area contributed by atoms with Crippen LogP contribution in [0.2, 0.25) is 0 Å². The molecule has 0 radical (unpaired) electrons. The number of rotatable bonds is 6. The molecule has 29 heavy (non-hydrogen) atoms. The first kappa shape index (κ1) is 21.1. The van der Waals surface area contributed by atoms with Gasteiger partial charge in [-0.1, -0.05) is 43.3 Å². The molecule has 2 atom stereocenters. The van der Waals surface area contributed by atoms with Crippen LogP contribution in [0.25, 0.3) is 0 Å². The summed E-state index contributed by atoms with van der Waals surface area (Å²) < 4.78 is 11.4. The third-order valence-electron chi connectivity index (χ3n) is 5.46. The van der Waals surface area contributed by atoms with E-state index in [9.17, 15) is 4.79 Å². The topological polar surface area (TPSA) is 62.8 Å². The van der Waals surface area contributed by atoms with Gasteiger partial charge >= 0.3 is 6.03 Å². The Balaban J connectivity index is 1.67. The highest BCUT2D eigenvalue weighted by Crippen LogP contribution is 2.29. The number of benzene rings is 2. The number of morpholine rings is 1. The van der Waals surface area contributed by atoms with Crippen LogP contribution in [0.5, 0.6) is 5.75 Å². The Bertz CT molecular complexity index is 826. The number of nitrogens with one attached hydrogen (secondary N) is 2. The van der Waals surface area contributed by atoms with Gasteiger partial charge in [-0.2, -0.15) is 0 Å². The average Bonchev–Trinajstić information content (AvgIpc) is 2.74. The second kappa shape index (κ2) is 9.76. The van der Waals surface area contributed by atoms with Gasteiger partial charge in [-0.15, -0.1) is 0 Å². The summed E-state index contributed by atoms with van der Waals surface area (Å²) in [6, 6.07) is 14.1. The minimum atomic E-state index is -0.247. The molecule has 2 N–H and O–H groups in total. The number of likely N-dealkylation sites (N-methyl/N-ethyl adjacent to an activating group) is 1. The number of anilines is 1. The zero-order valence-corrected chi connectivity index (χ0v) is 17.7. The molecule has 1 aliphatic rings. The van der Waals surface area contributed by atoms with Gasteiger partial charge in [0, 0.05) is 24.8 Å².